The summed E-state index contributed by atoms with van der Waals surface area (Å²) in [6.07, 6.45) is 1.29. The predicted octanol–water partition coefficient (Wildman–Crippen LogP) is 2.04. The summed E-state index contributed by atoms with van der Waals surface area (Å²) in [6.45, 7) is 6.43. The fourth-order valence-corrected chi connectivity index (χ4v) is 1.27. The van der Waals surface area contributed by atoms with Gasteiger partial charge in [0.2, 0.25) is 5.91 Å². The zero-order valence-electron chi connectivity index (χ0n) is 11.3. The van der Waals surface area contributed by atoms with Gasteiger partial charge in [0.05, 0.1) is 0 Å². The molecule has 0 spiro atoms. The summed E-state index contributed by atoms with van der Waals surface area (Å²) < 4.78 is 5.06. The normalized spacial score (nSPS) is 10.9. The Morgan fingerprint density at radius 2 is 1.72 bits per heavy atom. The number of ether oxygens (including phenoxy) is 1. The highest BCUT2D eigenvalue weighted by atomic mass is 35.5. The van der Waals surface area contributed by atoms with Crippen molar-refractivity contribution in [2.45, 2.75) is 45.6 Å². The maximum Gasteiger partial charge on any atom is 0.407 e. The molecule has 0 fully saturated rings. The second-order valence-corrected chi connectivity index (χ2v) is 5.30. The van der Waals surface area contributed by atoms with Gasteiger partial charge in [-0.15, -0.1) is 11.6 Å². The molecule has 0 aromatic heterocycles. The fraction of sp³-hybridized carbons (Fsp3) is 0.833. The Morgan fingerprint density at radius 1 is 1.11 bits per heavy atom. The molecule has 0 aliphatic carbocycles. The van der Waals surface area contributed by atoms with Crippen LogP contribution in [-0.2, 0) is 9.53 Å². The second-order valence-electron chi connectivity index (χ2n) is 4.92. The molecule has 0 saturated carbocycles. The lowest BCUT2D eigenvalue weighted by molar-refractivity contribution is -0.121. The molecule has 6 heteroatoms. The maximum atomic E-state index is 11.3. The molecule has 0 radical (unpaired) electrons. The van der Waals surface area contributed by atoms with E-state index in [0.717, 1.165) is 6.42 Å². The van der Waals surface area contributed by atoms with E-state index >= 15 is 0 Å². The molecule has 2 amide bonds. The van der Waals surface area contributed by atoms with Gasteiger partial charge in [0, 0.05) is 25.4 Å². The number of alkyl carbamates (subject to hydrolysis) is 1. The first-order valence-corrected chi connectivity index (χ1v) is 6.68. The average molecular weight is 279 g/mol. The molecule has 0 aliphatic heterocycles. The molecule has 0 bridgehead atoms. The number of carbonyl (C=O) groups excluding carboxylic acids is 2. The summed E-state index contributed by atoms with van der Waals surface area (Å²) in [5, 5.41) is 5.34. The van der Waals surface area contributed by atoms with E-state index < -0.39 is 11.7 Å². The largest absolute Gasteiger partial charge is 0.444 e. The average Bonchev–Trinajstić information content (AvgIpc) is 2.22. The highest BCUT2D eigenvalue weighted by Crippen LogP contribution is 2.06. The van der Waals surface area contributed by atoms with Gasteiger partial charge in [0.15, 0.2) is 0 Å². The Kier molecular flexibility index (Phi) is 8.54. The minimum absolute atomic E-state index is 0.0221. The summed E-state index contributed by atoms with van der Waals surface area (Å²) in [7, 11) is 0. The van der Waals surface area contributed by atoms with Crippen molar-refractivity contribution in [3.8, 4) is 0 Å². The molecule has 0 unspecified atom stereocenters. The Balaban J connectivity index is 3.50. The lowest BCUT2D eigenvalue weighted by atomic mass is 10.2. The Labute approximate surface area is 114 Å². The van der Waals surface area contributed by atoms with E-state index in [9.17, 15) is 9.59 Å². The van der Waals surface area contributed by atoms with Crippen molar-refractivity contribution in [1.29, 1.82) is 0 Å². The van der Waals surface area contributed by atoms with E-state index in [1.54, 1.807) is 20.8 Å². The van der Waals surface area contributed by atoms with Crippen LogP contribution in [0.25, 0.3) is 0 Å². The first-order valence-electron chi connectivity index (χ1n) is 6.14. The van der Waals surface area contributed by atoms with Gasteiger partial charge in [-0.05, 0) is 33.6 Å². The van der Waals surface area contributed by atoms with E-state index in [4.69, 9.17) is 16.3 Å². The van der Waals surface area contributed by atoms with Gasteiger partial charge in [0.25, 0.3) is 0 Å². The minimum atomic E-state index is -0.497. The molecule has 5 nitrogen and oxygen atoms in total. The second kappa shape index (κ2) is 9.03. The van der Waals surface area contributed by atoms with E-state index in [1.807, 2.05) is 0 Å². The van der Waals surface area contributed by atoms with Crippen LogP contribution in [0.15, 0.2) is 0 Å². The Hall–Kier alpha value is -0.970. The molecule has 2 N–H and O–H groups in total. The van der Waals surface area contributed by atoms with Crippen LogP contribution in [0.1, 0.15) is 40.0 Å². The molecule has 106 valence electrons. The molecule has 0 saturated heterocycles. The molecule has 0 heterocycles. The van der Waals surface area contributed by atoms with Crippen molar-refractivity contribution in [3.63, 3.8) is 0 Å². The first kappa shape index (κ1) is 17.0. The predicted molar refractivity (Wildman–Crippen MR) is 71.8 cm³/mol. The summed E-state index contributed by atoms with van der Waals surface area (Å²) in [5.41, 5.74) is -0.497. The molecule has 0 aliphatic rings. The molecule has 0 aromatic rings. The van der Waals surface area contributed by atoms with Crippen LogP contribution in [0.2, 0.25) is 0 Å². The quantitative estimate of drug-likeness (QED) is 0.553. The smallest absolute Gasteiger partial charge is 0.407 e. The highest BCUT2D eigenvalue weighted by molar-refractivity contribution is 6.17. The van der Waals surface area contributed by atoms with E-state index in [2.05, 4.69) is 10.6 Å². The molecular weight excluding hydrogens is 256 g/mol. The summed E-state index contributed by atoms with van der Waals surface area (Å²) >= 11 is 5.49. The van der Waals surface area contributed by atoms with Gasteiger partial charge in [-0.2, -0.15) is 0 Å². The Morgan fingerprint density at radius 3 is 2.28 bits per heavy atom. The van der Waals surface area contributed by atoms with Crippen molar-refractivity contribution >= 4 is 23.6 Å². The maximum absolute atomic E-state index is 11.3. The third-order valence-electron chi connectivity index (χ3n) is 1.88. The molecular formula is C12H23ClN2O3. The minimum Gasteiger partial charge on any atom is -0.444 e. The summed E-state index contributed by atoms with van der Waals surface area (Å²) in [6, 6.07) is 0. The standard InChI is InChI=1S/C12H23ClN2O3/c1-12(2,3)18-11(17)15-8-4-6-10(16)14-9-5-7-13/h4-9H2,1-3H3,(H,14,16)(H,15,17). The molecule has 0 rings (SSSR count). The van der Waals surface area contributed by atoms with Gasteiger partial charge >= 0.3 is 6.09 Å². The molecule has 0 aromatic carbocycles. The van der Waals surface area contributed by atoms with Crippen molar-refractivity contribution in [1.82, 2.24) is 10.6 Å². The molecule has 0 atom stereocenters. The third-order valence-corrected chi connectivity index (χ3v) is 2.15. The summed E-state index contributed by atoms with van der Waals surface area (Å²) in [5.74, 6) is 0.520. The fourth-order valence-electron chi connectivity index (χ4n) is 1.14. The zero-order chi connectivity index (χ0) is 14.0. The first-order chi connectivity index (χ1) is 8.35. The van der Waals surface area contributed by atoms with Crippen LogP contribution in [0.4, 0.5) is 4.79 Å². The van der Waals surface area contributed by atoms with Gasteiger partial charge in [-0.3, -0.25) is 4.79 Å². The van der Waals surface area contributed by atoms with Crippen LogP contribution in [0, 0.1) is 0 Å². The summed E-state index contributed by atoms with van der Waals surface area (Å²) in [4.78, 5) is 22.6. The van der Waals surface area contributed by atoms with Crippen molar-refractivity contribution in [2.75, 3.05) is 19.0 Å². The SMILES string of the molecule is CC(C)(C)OC(=O)NCCCC(=O)NCCCCl. The van der Waals surface area contributed by atoms with E-state index in [0.29, 0.717) is 31.8 Å². The van der Waals surface area contributed by atoms with Crippen molar-refractivity contribution in [2.24, 2.45) is 0 Å². The van der Waals surface area contributed by atoms with Gasteiger partial charge < -0.3 is 15.4 Å². The van der Waals surface area contributed by atoms with Crippen LogP contribution in [0.3, 0.4) is 0 Å². The van der Waals surface area contributed by atoms with Gasteiger partial charge in [-0.25, -0.2) is 4.79 Å². The van der Waals surface area contributed by atoms with Crippen LogP contribution < -0.4 is 10.6 Å². The molecule has 18 heavy (non-hydrogen) atoms. The number of nitrogens with one attached hydrogen (secondary N) is 2. The lowest BCUT2D eigenvalue weighted by Crippen LogP contribution is -2.33. The van der Waals surface area contributed by atoms with Gasteiger partial charge in [0.1, 0.15) is 5.60 Å². The lowest BCUT2D eigenvalue weighted by Gasteiger charge is -2.19. The van der Waals surface area contributed by atoms with Crippen LogP contribution >= 0.6 is 11.6 Å². The zero-order valence-corrected chi connectivity index (χ0v) is 12.1. The van der Waals surface area contributed by atoms with E-state index in [1.165, 1.54) is 0 Å². The van der Waals surface area contributed by atoms with E-state index in [-0.39, 0.29) is 5.91 Å². The number of alkyl halides is 1. The van der Waals surface area contributed by atoms with Crippen LogP contribution in [-0.4, -0.2) is 36.6 Å². The third kappa shape index (κ3) is 11.5. The number of amides is 2. The number of hydrogen-bond acceptors (Lipinski definition) is 3. The van der Waals surface area contributed by atoms with Crippen molar-refractivity contribution < 1.29 is 14.3 Å². The number of carbonyl (C=O) groups is 2. The number of hydrogen-bond donors (Lipinski definition) is 2. The van der Waals surface area contributed by atoms with Crippen molar-refractivity contribution in [3.05, 3.63) is 0 Å². The van der Waals surface area contributed by atoms with Crippen LogP contribution in [0.5, 0.6) is 0 Å². The number of halogens is 1. The Bertz CT molecular complexity index is 265. The topological polar surface area (TPSA) is 67.4 Å². The highest BCUT2D eigenvalue weighted by Gasteiger charge is 2.15. The monoisotopic (exact) mass is 278 g/mol. The van der Waals surface area contributed by atoms with Gasteiger partial charge in [-0.1, -0.05) is 0 Å². The number of rotatable bonds is 7.